The Labute approximate surface area is 223 Å². The molecular weight excluding hydrogens is 484 g/mol. The van der Waals surface area contributed by atoms with Crippen molar-refractivity contribution in [1.29, 1.82) is 0 Å². The largest absolute Gasteiger partial charge is 0.507 e. The van der Waals surface area contributed by atoms with E-state index in [0.717, 1.165) is 42.9 Å². The van der Waals surface area contributed by atoms with E-state index in [0.29, 0.717) is 44.1 Å². The van der Waals surface area contributed by atoms with Gasteiger partial charge in [-0.1, -0.05) is 24.8 Å². The summed E-state index contributed by atoms with van der Waals surface area (Å²) in [5, 5.41) is 11.4. The Morgan fingerprint density at radius 2 is 1.89 bits per heavy atom. The van der Waals surface area contributed by atoms with E-state index < -0.39 is 17.7 Å². The number of likely N-dealkylation sites (tertiary alicyclic amines) is 1. The van der Waals surface area contributed by atoms with E-state index in [1.807, 2.05) is 31.2 Å². The summed E-state index contributed by atoms with van der Waals surface area (Å²) in [6.45, 7) is 10.4. The number of aliphatic hydroxyl groups is 1. The van der Waals surface area contributed by atoms with Gasteiger partial charge in [-0.15, -0.1) is 0 Å². The molecule has 38 heavy (non-hydrogen) atoms. The number of hydrogen-bond acceptors (Lipinski definition) is 7. The van der Waals surface area contributed by atoms with Crippen molar-refractivity contribution < 1.29 is 28.9 Å². The summed E-state index contributed by atoms with van der Waals surface area (Å²) < 4.78 is 16.8. The van der Waals surface area contributed by atoms with E-state index in [-0.39, 0.29) is 17.4 Å². The molecule has 3 aliphatic rings. The van der Waals surface area contributed by atoms with Gasteiger partial charge in [0.2, 0.25) is 0 Å². The predicted molar refractivity (Wildman–Crippen MR) is 143 cm³/mol. The van der Waals surface area contributed by atoms with Crippen molar-refractivity contribution in [1.82, 2.24) is 9.80 Å². The van der Waals surface area contributed by atoms with Crippen molar-refractivity contribution in [3.05, 3.63) is 77.4 Å². The van der Waals surface area contributed by atoms with Crippen LogP contribution in [0.5, 0.6) is 11.5 Å². The average molecular weight is 519 g/mol. The van der Waals surface area contributed by atoms with Gasteiger partial charge in [-0.25, -0.2) is 0 Å². The number of Topliss-reactive ketones (excluding diaryl/α,β-unsaturated/α-hetero) is 1. The molecule has 2 saturated heterocycles. The minimum absolute atomic E-state index is 0.0567. The van der Waals surface area contributed by atoms with Gasteiger partial charge in [0.15, 0.2) is 0 Å². The summed E-state index contributed by atoms with van der Waals surface area (Å²) >= 11 is 0. The van der Waals surface area contributed by atoms with Crippen LogP contribution in [0.4, 0.5) is 0 Å². The van der Waals surface area contributed by atoms with Crippen LogP contribution in [-0.4, -0.2) is 78.7 Å². The predicted octanol–water partition coefficient (Wildman–Crippen LogP) is 3.72. The Hall–Kier alpha value is -3.62. The summed E-state index contributed by atoms with van der Waals surface area (Å²) in [5.41, 5.74) is 2.32. The van der Waals surface area contributed by atoms with Crippen LogP contribution in [0.25, 0.3) is 5.76 Å². The monoisotopic (exact) mass is 518 g/mol. The van der Waals surface area contributed by atoms with Crippen molar-refractivity contribution >= 4 is 17.4 Å². The first-order valence-electron chi connectivity index (χ1n) is 13.2. The second-order valence-corrected chi connectivity index (χ2v) is 9.92. The number of fused-ring (bicyclic) bond motifs is 1. The first-order chi connectivity index (χ1) is 18.5. The molecular formula is C30H34N2O6. The number of aliphatic hydroxyl groups excluding tert-OH is 1. The van der Waals surface area contributed by atoms with Gasteiger partial charge in [0.05, 0.1) is 24.8 Å². The highest BCUT2D eigenvalue weighted by Gasteiger charge is 2.46. The van der Waals surface area contributed by atoms with Crippen LogP contribution < -0.4 is 9.47 Å². The molecule has 0 spiro atoms. The average Bonchev–Trinajstić information content (AvgIpc) is 3.43. The maximum Gasteiger partial charge on any atom is 0.295 e. The number of nitrogens with zero attached hydrogens (tertiary/aromatic N) is 2. The van der Waals surface area contributed by atoms with Crippen molar-refractivity contribution in [3.63, 3.8) is 0 Å². The Balaban J connectivity index is 1.47. The zero-order chi connectivity index (χ0) is 26.6. The van der Waals surface area contributed by atoms with Gasteiger partial charge in [-0.05, 0) is 54.8 Å². The lowest BCUT2D eigenvalue weighted by atomic mass is 9.94. The molecule has 2 aromatic carbocycles. The number of morpholine rings is 1. The summed E-state index contributed by atoms with van der Waals surface area (Å²) in [7, 11) is 0. The first kappa shape index (κ1) is 26.0. The van der Waals surface area contributed by atoms with Gasteiger partial charge in [0.25, 0.3) is 11.7 Å². The number of benzene rings is 2. The zero-order valence-corrected chi connectivity index (χ0v) is 21.7. The van der Waals surface area contributed by atoms with Crippen LogP contribution in [0.15, 0.2) is 60.7 Å². The van der Waals surface area contributed by atoms with E-state index in [1.54, 1.807) is 29.2 Å². The highest BCUT2D eigenvalue weighted by atomic mass is 16.5. The van der Waals surface area contributed by atoms with Crippen molar-refractivity contribution in [2.75, 3.05) is 46.0 Å². The van der Waals surface area contributed by atoms with E-state index in [1.165, 1.54) is 0 Å². The molecule has 0 saturated carbocycles. The molecule has 2 aromatic rings. The number of carbonyl (C=O) groups is 2. The van der Waals surface area contributed by atoms with Crippen LogP contribution >= 0.6 is 0 Å². The maximum absolute atomic E-state index is 13.4. The van der Waals surface area contributed by atoms with Gasteiger partial charge in [-0.3, -0.25) is 14.5 Å². The smallest absolute Gasteiger partial charge is 0.295 e. The molecule has 8 nitrogen and oxygen atoms in total. The molecule has 0 radical (unpaired) electrons. The summed E-state index contributed by atoms with van der Waals surface area (Å²) in [6.07, 6.45) is 3.15. The molecule has 1 amide bonds. The SMILES string of the molecule is C=CCOc1ccc([C@@H]2C(=C(O)c3ccc4c(c3)C[C@H](C)O4)C(=O)C(=O)N2CCCN2CCOCC2)cc1. The lowest BCUT2D eigenvalue weighted by molar-refractivity contribution is -0.140. The molecule has 3 heterocycles. The van der Waals surface area contributed by atoms with E-state index in [9.17, 15) is 14.7 Å². The van der Waals surface area contributed by atoms with Crippen LogP contribution in [-0.2, 0) is 20.7 Å². The lowest BCUT2D eigenvalue weighted by Crippen LogP contribution is -2.38. The number of rotatable bonds is 9. The molecule has 1 N–H and O–H groups in total. The normalized spacial score (nSPS) is 22.8. The van der Waals surface area contributed by atoms with Gasteiger partial charge < -0.3 is 24.2 Å². The van der Waals surface area contributed by atoms with Crippen molar-refractivity contribution in [2.24, 2.45) is 0 Å². The molecule has 3 aliphatic heterocycles. The molecule has 5 rings (SSSR count). The first-order valence-corrected chi connectivity index (χ1v) is 13.2. The third-order valence-electron chi connectivity index (χ3n) is 7.25. The fraction of sp³-hybridized carbons (Fsp3) is 0.400. The summed E-state index contributed by atoms with van der Waals surface area (Å²) in [6, 6.07) is 12.0. The van der Waals surface area contributed by atoms with E-state index in [4.69, 9.17) is 14.2 Å². The standard InChI is InChI=1S/C30H34N2O6/c1-3-15-37-24-8-5-21(6-9-24)27-26(28(33)22-7-10-25-23(19-22)18-20(2)38-25)29(34)30(35)32(27)12-4-11-31-13-16-36-17-14-31/h3,5-10,19-20,27,33H,1,4,11-18H2,2H3/t20-,27+/m0/s1. The number of ketones is 1. The molecule has 0 aromatic heterocycles. The molecule has 8 heteroatoms. The topological polar surface area (TPSA) is 88.5 Å². The van der Waals surface area contributed by atoms with E-state index in [2.05, 4.69) is 11.5 Å². The minimum atomic E-state index is -0.698. The minimum Gasteiger partial charge on any atom is -0.507 e. The Morgan fingerprint density at radius 3 is 2.63 bits per heavy atom. The van der Waals surface area contributed by atoms with Crippen LogP contribution in [0.2, 0.25) is 0 Å². The molecule has 0 aliphatic carbocycles. The fourth-order valence-corrected chi connectivity index (χ4v) is 5.37. The van der Waals surface area contributed by atoms with Crippen LogP contribution in [0.3, 0.4) is 0 Å². The van der Waals surface area contributed by atoms with Crippen molar-refractivity contribution in [3.8, 4) is 11.5 Å². The fourth-order valence-electron chi connectivity index (χ4n) is 5.37. The van der Waals surface area contributed by atoms with Gasteiger partial charge in [-0.2, -0.15) is 0 Å². The second-order valence-electron chi connectivity index (χ2n) is 9.92. The van der Waals surface area contributed by atoms with Crippen LogP contribution in [0.1, 0.15) is 36.1 Å². The molecule has 0 unspecified atom stereocenters. The molecule has 2 atom stereocenters. The zero-order valence-electron chi connectivity index (χ0n) is 21.7. The van der Waals surface area contributed by atoms with Gasteiger partial charge in [0, 0.05) is 38.2 Å². The lowest BCUT2D eigenvalue weighted by Gasteiger charge is -2.29. The highest BCUT2D eigenvalue weighted by molar-refractivity contribution is 6.46. The Kier molecular flexibility index (Phi) is 7.81. The molecule has 2 fully saturated rings. The Morgan fingerprint density at radius 1 is 1.13 bits per heavy atom. The van der Waals surface area contributed by atoms with Crippen molar-refractivity contribution in [2.45, 2.75) is 31.9 Å². The third-order valence-corrected chi connectivity index (χ3v) is 7.25. The molecule has 200 valence electrons. The van der Waals surface area contributed by atoms with Gasteiger partial charge in [0.1, 0.15) is 30.0 Å². The quantitative estimate of drug-likeness (QED) is 0.234. The second kappa shape index (κ2) is 11.4. The number of ether oxygens (including phenoxy) is 3. The Bertz CT molecular complexity index is 1230. The number of amides is 1. The van der Waals surface area contributed by atoms with Gasteiger partial charge >= 0.3 is 0 Å². The van der Waals surface area contributed by atoms with Crippen LogP contribution in [0, 0.1) is 0 Å². The number of hydrogen-bond donors (Lipinski definition) is 1. The third kappa shape index (κ3) is 5.33. The summed E-state index contributed by atoms with van der Waals surface area (Å²) in [5.74, 6) is 0.00732. The maximum atomic E-state index is 13.4. The van der Waals surface area contributed by atoms with E-state index >= 15 is 0 Å². The highest BCUT2D eigenvalue weighted by Crippen LogP contribution is 2.41. The summed E-state index contributed by atoms with van der Waals surface area (Å²) in [4.78, 5) is 30.6. The molecule has 0 bridgehead atoms. The number of carbonyl (C=O) groups excluding carboxylic acids is 2.